The number of hydrogen-bond acceptors (Lipinski definition) is 3. The highest BCUT2D eigenvalue weighted by molar-refractivity contribution is 5.97. The van der Waals surface area contributed by atoms with E-state index in [0.29, 0.717) is 16.7 Å². The quantitative estimate of drug-likeness (QED) is 0.771. The molecule has 1 aliphatic carbocycles. The summed E-state index contributed by atoms with van der Waals surface area (Å²) in [4.78, 5) is 30.0. The Morgan fingerprint density at radius 1 is 1.11 bits per heavy atom. The lowest BCUT2D eigenvalue weighted by Crippen LogP contribution is -2.38. The van der Waals surface area contributed by atoms with E-state index in [1.54, 1.807) is 35.0 Å². The molecule has 0 aliphatic heterocycles. The number of rotatable bonds is 3. The topological polar surface area (TPSA) is 64.0 Å². The Bertz CT molecular complexity index is 1040. The number of hydrogen-bond donors (Lipinski definition) is 1. The van der Waals surface area contributed by atoms with Gasteiger partial charge in [0, 0.05) is 24.1 Å². The van der Waals surface area contributed by atoms with E-state index >= 15 is 0 Å². The average Bonchev–Trinajstić information content (AvgIpc) is 2.70. The Morgan fingerprint density at radius 2 is 1.85 bits per heavy atom. The molecule has 0 atom stereocenters. The molecule has 0 saturated heterocycles. The highest BCUT2D eigenvalue weighted by atomic mass is 19.1. The van der Waals surface area contributed by atoms with Crippen LogP contribution in [0, 0.1) is 5.82 Å². The zero-order valence-electron chi connectivity index (χ0n) is 14.8. The van der Waals surface area contributed by atoms with Gasteiger partial charge in [-0.25, -0.2) is 9.37 Å². The molecular formula is C21H20FN3O2. The molecule has 0 radical (unpaired) electrons. The minimum absolute atomic E-state index is 0.0744. The minimum Gasteiger partial charge on any atom is -0.349 e. The lowest BCUT2D eigenvalue weighted by Gasteiger charge is -2.23. The van der Waals surface area contributed by atoms with E-state index in [2.05, 4.69) is 10.3 Å². The molecule has 27 heavy (non-hydrogen) atoms. The van der Waals surface area contributed by atoms with Crippen LogP contribution in [0.15, 0.2) is 53.6 Å². The molecule has 2 heterocycles. The molecule has 1 amide bonds. The minimum atomic E-state index is -0.367. The molecule has 5 nitrogen and oxygen atoms in total. The predicted molar refractivity (Wildman–Crippen MR) is 102 cm³/mol. The van der Waals surface area contributed by atoms with Gasteiger partial charge in [0.15, 0.2) is 0 Å². The first kappa shape index (κ1) is 17.4. The van der Waals surface area contributed by atoms with Crippen LogP contribution in [0.4, 0.5) is 4.39 Å². The maximum absolute atomic E-state index is 13.3. The van der Waals surface area contributed by atoms with Gasteiger partial charge < -0.3 is 9.88 Å². The van der Waals surface area contributed by atoms with Gasteiger partial charge in [0.2, 0.25) is 5.43 Å². The summed E-state index contributed by atoms with van der Waals surface area (Å²) in [5.41, 5.74) is 0.797. The average molecular weight is 365 g/mol. The van der Waals surface area contributed by atoms with Crippen LogP contribution in [-0.2, 0) is 0 Å². The zero-order chi connectivity index (χ0) is 18.8. The number of nitrogens with one attached hydrogen (secondary N) is 1. The second kappa shape index (κ2) is 7.31. The fraction of sp³-hybridized carbons (Fsp3) is 0.286. The van der Waals surface area contributed by atoms with Crippen LogP contribution in [0.25, 0.3) is 16.7 Å². The summed E-state index contributed by atoms with van der Waals surface area (Å²) >= 11 is 0. The maximum atomic E-state index is 13.3. The number of aromatic nitrogens is 2. The molecule has 4 rings (SSSR count). The highest BCUT2D eigenvalue weighted by Gasteiger charge is 2.21. The van der Waals surface area contributed by atoms with Crippen LogP contribution < -0.4 is 10.7 Å². The fourth-order valence-corrected chi connectivity index (χ4v) is 3.63. The number of fused-ring (bicyclic) bond motifs is 1. The van der Waals surface area contributed by atoms with E-state index < -0.39 is 0 Å². The van der Waals surface area contributed by atoms with Crippen LogP contribution in [0.2, 0.25) is 0 Å². The standard InChI is InChI=1S/C21H20FN3O2/c22-14-8-10-16(11-9-14)25-13-18(19(26)17-7-4-12-23-20(17)25)21(27)24-15-5-2-1-3-6-15/h4,7-13,15H,1-3,5-6H2,(H,24,27). The monoisotopic (exact) mass is 365 g/mol. The predicted octanol–water partition coefficient (Wildman–Crippen LogP) is 3.59. The molecule has 6 heteroatoms. The van der Waals surface area contributed by atoms with Gasteiger partial charge in [-0.1, -0.05) is 19.3 Å². The van der Waals surface area contributed by atoms with Crippen LogP contribution >= 0.6 is 0 Å². The fourth-order valence-electron chi connectivity index (χ4n) is 3.63. The van der Waals surface area contributed by atoms with Crippen molar-refractivity contribution in [2.75, 3.05) is 0 Å². The Hall–Kier alpha value is -3.02. The van der Waals surface area contributed by atoms with Crippen LogP contribution in [0.3, 0.4) is 0 Å². The van der Waals surface area contributed by atoms with Gasteiger partial charge in [-0.15, -0.1) is 0 Å². The Morgan fingerprint density at radius 3 is 2.59 bits per heavy atom. The first-order chi connectivity index (χ1) is 13.1. The summed E-state index contributed by atoms with van der Waals surface area (Å²) < 4.78 is 15.0. The van der Waals surface area contributed by atoms with E-state index in [1.807, 2.05) is 0 Å². The number of benzene rings is 1. The zero-order valence-corrected chi connectivity index (χ0v) is 14.8. The molecule has 138 valence electrons. The Kier molecular flexibility index (Phi) is 4.71. The van der Waals surface area contributed by atoms with E-state index in [9.17, 15) is 14.0 Å². The third-order valence-electron chi connectivity index (χ3n) is 5.05. The third kappa shape index (κ3) is 3.47. The van der Waals surface area contributed by atoms with Crippen LogP contribution in [-0.4, -0.2) is 21.5 Å². The number of halogens is 1. The van der Waals surface area contributed by atoms with Gasteiger partial charge in [-0.2, -0.15) is 0 Å². The largest absolute Gasteiger partial charge is 0.349 e. The number of carbonyl (C=O) groups excluding carboxylic acids is 1. The highest BCUT2D eigenvalue weighted by Crippen LogP contribution is 2.19. The van der Waals surface area contributed by atoms with Crippen molar-refractivity contribution in [2.45, 2.75) is 38.1 Å². The van der Waals surface area contributed by atoms with Crippen molar-refractivity contribution in [3.05, 3.63) is 70.4 Å². The summed E-state index contributed by atoms with van der Waals surface area (Å²) in [5.74, 6) is -0.721. The van der Waals surface area contributed by atoms with Crippen LogP contribution in [0.1, 0.15) is 42.5 Å². The first-order valence-electron chi connectivity index (χ1n) is 9.21. The summed E-state index contributed by atoms with van der Waals surface area (Å²) in [5, 5.41) is 3.36. The van der Waals surface area contributed by atoms with Crippen molar-refractivity contribution in [3.8, 4) is 5.69 Å². The van der Waals surface area contributed by atoms with Gasteiger partial charge in [0.05, 0.1) is 5.39 Å². The number of amides is 1. The van der Waals surface area contributed by atoms with Gasteiger partial charge >= 0.3 is 0 Å². The molecule has 0 bridgehead atoms. The summed E-state index contributed by atoms with van der Waals surface area (Å²) in [6.07, 6.45) is 8.33. The molecule has 3 aromatic rings. The Balaban J connectivity index is 1.81. The Labute approximate surface area is 155 Å². The number of nitrogens with zero attached hydrogens (tertiary/aromatic N) is 2. The molecule has 2 aromatic heterocycles. The second-order valence-electron chi connectivity index (χ2n) is 6.90. The van der Waals surface area contributed by atoms with E-state index in [4.69, 9.17) is 0 Å². The van der Waals surface area contributed by atoms with Crippen molar-refractivity contribution < 1.29 is 9.18 Å². The van der Waals surface area contributed by atoms with Crippen LogP contribution in [0.5, 0.6) is 0 Å². The maximum Gasteiger partial charge on any atom is 0.257 e. The van der Waals surface area contributed by atoms with Gasteiger partial charge in [-0.3, -0.25) is 9.59 Å². The van der Waals surface area contributed by atoms with E-state index in [1.165, 1.54) is 24.8 Å². The number of pyridine rings is 2. The van der Waals surface area contributed by atoms with Crippen molar-refractivity contribution in [1.29, 1.82) is 0 Å². The molecule has 1 aromatic carbocycles. The smallest absolute Gasteiger partial charge is 0.257 e. The third-order valence-corrected chi connectivity index (χ3v) is 5.05. The summed E-state index contributed by atoms with van der Waals surface area (Å²) in [6, 6.07) is 9.29. The van der Waals surface area contributed by atoms with E-state index in [0.717, 1.165) is 25.7 Å². The van der Waals surface area contributed by atoms with Crippen molar-refractivity contribution in [2.24, 2.45) is 0 Å². The lowest BCUT2D eigenvalue weighted by atomic mass is 9.95. The van der Waals surface area contributed by atoms with E-state index in [-0.39, 0.29) is 28.8 Å². The van der Waals surface area contributed by atoms with Crippen molar-refractivity contribution in [3.63, 3.8) is 0 Å². The number of carbonyl (C=O) groups is 1. The molecule has 1 aliphatic rings. The summed E-state index contributed by atoms with van der Waals surface area (Å²) in [6.45, 7) is 0. The van der Waals surface area contributed by atoms with Gasteiger partial charge in [-0.05, 0) is 49.2 Å². The molecule has 1 fully saturated rings. The second-order valence-corrected chi connectivity index (χ2v) is 6.90. The normalized spacial score (nSPS) is 15.0. The molecule has 0 unspecified atom stereocenters. The molecular weight excluding hydrogens is 345 g/mol. The molecule has 1 N–H and O–H groups in total. The van der Waals surface area contributed by atoms with Crippen molar-refractivity contribution in [1.82, 2.24) is 14.9 Å². The lowest BCUT2D eigenvalue weighted by molar-refractivity contribution is 0.0926. The van der Waals surface area contributed by atoms with Crippen molar-refractivity contribution >= 4 is 16.9 Å². The van der Waals surface area contributed by atoms with Gasteiger partial charge in [0.1, 0.15) is 17.0 Å². The molecule has 0 spiro atoms. The molecule has 1 saturated carbocycles. The first-order valence-corrected chi connectivity index (χ1v) is 9.21. The van der Waals surface area contributed by atoms with Gasteiger partial charge in [0.25, 0.3) is 5.91 Å². The SMILES string of the molecule is O=C(NC1CCCCC1)c1cn(-c2ccc(F)cc2)c2ncccc2c1=O. The summed E-state index contributed by atoms with van der Waals surface area (Å²) in [7, 11) is 0.